The van der Waals surface area contributed by atoms with Gasteiger partial charge in [0.2, 0.25) is 0 Å². The Balaban J connectivity index is 5.94. The summed E-state index contributed by atoms with van der Waals surface area (Å²) in [5.41, 5.74) is 0. The quantitative estimate of drug-likeness (QED) is 0.438. The zero-order valence-corrected chi connectivity index (χ0v) is 10.0. The molecule has 0 aromatic rings. The lowest BCUT2D eigenvalue weighted by molar-refractivity contribution is -0.382. The number of halogens is 9. The van der Waals surface area contributed by atoms with E-state index in [1.165, 1.54) is 0 Å². The lowest BCUT2D eigenvalue weighted by Crippen LogP contribution is -2.63. The van der Waals surface area contributed by atoms with Gasteiger partial charge in [-0.25, -0.2) is 0 Å². The van der Waals surface area contributed by atoms with Crippen LogP contribution in [0.3, 0.4) is 0 Å². The fraction of sp³-hybridized carbons (Fsp3) is 0.714. The van der Waals surface area contributed by atoms with E-state index >= 15 is 0 Å². The van der Waals surface area contributed by atoms with Crippen LogP contribution in [0, 0.1) is 0 Å². The van der Waals surface area contributed by atoms with E-state index in [1.54, 1.807) is 0 Å². The van der Waals surface area contributed by atoms with Crippen LogP contribution in [0.1, 0.15) is 6.92 Å². The molecular formula is C7H5F9O3S. The molecule has 0 spiro atoms. The van der Waals surface area contributed by atoms with Crippen LogP contribution in [-0.4, -0.2) is 31.7 Å². The highest BCUT2D eigenvalue weighted by atomic mass is 32.2. The first-order chi connectivity index (χ1) is 8.56. The number of rotatable bonds is 5. The Labute approximate surface area is 106 Å². The van der Waals surface area contributed by atoms with E-state index in [9.17, 15) is 47.9 Å². The van der Waals surface area contributed by atoms with Gasteiger partial charge in [0, 0.05) is 0 Å². The van der Waals surface area contributed by atoms with Crippen LogP contribution in [0.25, 0.3) is 0 Å². The summed E-state index contributed by atoms with van der Waals surface area (Å²) < 4.78 is 135. The highest BCUT2D eigenvalue weighted by molar-refractivity contribution is 7.88. The zero-order chi connectivity index (χ0) is 16.6. The Morgan fingerprint density at radius 1 is 0.850 bits per heavy atom. The molecule has 0 N–H and O–H groups in total. The van der Waals surface area contributed by atoms with Crippen LogP contribution in [0.2, 0.25) is 0 Å². The second-order valence-electron chi connectivity index (χ2n) is 3.18. The Bertz CT molecular complexity index is 476. The van der Waals surface area contributed by atoms with E-state index in [0.29, 0.717) is 6.08 Å². The van der Waals surface area contributed by atoms with Gasteiger partial charge in [0.05, 0.1) is 0 Å². The molecule has 3 nitrogen and oxygen atoms in total. The molecule has 120 valence electrons. The van der Waals surface area contributed by atoms with Crippen molar-refractivity contribution in [3.05, 3.63) is 12.3 Å². The highest BCUT2D eigenvalue weighted by Crippen LogP contribution is 2.54. The third kappa shape index (κ3) is 2.67. The second kappa shape index (κ2) is 5.00. The molecule has 0 atom stereocenters. The molecule has 0 heterocycles. The molecule has 0 aliphatic rings. The van der Waals surface area contributed by atoms with Crippen molar-refractivity contribution in [2.24, 2.45) is 0 Å². The number of hydrogen-bond donors (Lipinski definition) is 0. The molecule has 0 saturated heterocycles. The van der Waals surface area contributed by atoms with Crippen molar-refractivity contribution in [2.75, 3.05) is 0 Å². The minimum atomic E-state index is -7.30. The van der Waals surface area contributed by atoms with Crippen LogP contribution >= 0.6 is 0 Å². The fourth-order valence-electron chi connectivity index (χ4n) is 0.707. The second-order valence-corrected chi connectivity index (χ2v) is 4.80. The van der Waals surface area contributed by atoms with Gasteiger partial charge in [0.25, 0.3) is 0 Å². The van der Waals surface area contributed by atoms with E-state index < -0.39 is 33.4 Å². The normalized spacial score (nSPS) is 15.7. The molecule has 0 saturated carbocycles. The van der Waals surface area contributed by atoms with Crippen LogP contribution in [-0.2, 0) is 14.3 Å². The number of alkyl halides is 9. The first kappa shape index (κ1) is 18.9. The van der Waals surface area contributed by atoms with Gasteiger partial charge in [0.15, 0.2) is 0 Å². The molecule has 0 aliphatic carbocycles. The van der Waals surface area contributed by atoms with Crippen molar-refractivity contribution in [2.45, 2.75) is 30.2 Å². The smallest absolute Gasteiger partial charge is 0.386 e. The van der Waals surface area contributed by atoms with Crippen molar-refractivity contribution in [1.29, 1.82) is 0 Å². The van der Waals surface area contributed by atoms with E-state index in [2.05, 4.69) is 4.18 Å². The molecule has 0 aliphatic heterocycles. The van der Waals surface area contributed by atoms with Crippen LogP contribution in [0.4, 0.5) is 39.5 Å². The Hall–Kier alpha value is -1.14. The molecule has 0 rings (SSSR count). The minimum Gasteiger partial charge on any atom is -0.386 e. The third-order valence-corrected chi connectivity index (χ3v) is 3.00. The molecule has 0 bridgehead atoms. The van der Waals surface area contributed by atoms with E-state index in [0.717, 1.165) is 6.92 Å². The topological polar surface area (TPSA) is 43.4 Å². The number of allylic oxidation sites excluding steroid dienone is 1. The van der Waals surface area contributed by atoms with E-state index in [-0.39, 0.29) is 6.26 Å². The average Bonchev–Trinajstić information content (AvgIpc) is 2.24. The first-order valence-corrected chi connectivity index (χ1v) is 5.71. The van der Waals surface area contributed by atoms with Gasteiger partial charge in [-0.2, -0.15) is 47.9 Å². The maximum Gasteiger partial charge on any atom is 0.460 e. The molecule has 13 heteroatoms. The van der Waals surface area contributed by atoms with Gasteiger partial charge < -0.3 is 4.18 Å². The highest BCUT2D eigenvalue weighted by Gasteiger charge is 2.86. The molecule has 0 unspecified atom stereocenters. The molecule has 0 fully saturated rings. The molecule has 0 amide bonds. The monoisotopic (exact) mass is 340 g/mol. The zero-order valence-electron chi connectivity index (χ0n) is 9.19. The van der Waals surface area contributed by atoms with E-state index in [1.807, 2.05) is 0 Å². The van der Waals surface area contributed by atoms with Gasteiger partial charge in [-0.1, -0.05) is 6.08 Å². The van der Waals surface area contributed by atoms with Gasteiger partial charge in [0.1, 0.15) is 6.26 Å². The first-order valence-electron chi connectivity index (χ1n) is 4.30. The standard InChI is InChI=1S/C7H5F9O3S/c1-2-3-19-20(17,18)7(15,16)5(10,11)4(8,9)6(12,13)14/h2-3H,1H3/b3-2-. The molecular weight excluding hydrogens is 335 g/mol. The molecule has 20 heavy (non-hydrogen) atoms. The van der Waals surface area contributed by atoms with Crippen LogP contribution in [0.15, 0.2) is 12.3 Å². The van der Waals surface area contributed by atoms with Crippen LogP contribution in [0.5, 0.6) is 0 Å². The van der Waals surface area contributed by atoms with E-state index in [4.69, 9.17) is 0 Å². The maximum absolute atomic E-state index is 12.9. The van der Waals surface area contributed by atoms with Crippen LogP contribution < -0.4 is 0 Å². The lowest BCUT2D eigenvalue weighted by Gasteiger charge is -2.32. The Morgan fingerprint density at radius 2 is 1.25 bits per heavy atom. The summed E-state index contributed by atoms with van der Waals surface area (Å²) in [6.07, 6.45) is -6.62. The summed E-state index contributed by atoms with van der Waals surface area (Å²) in [5.74, 6) is -14.6. The molecule has 0 radical (unpaired) electrons. The fourth-order valence-corrected chi connectivity index (χ4v) is 1.53. The SMILES string of the molecule is C/C=C\OS(=O)(=O)C(F)(F)C(F)(F)C(F)(F)C(F)(F)F. The Morgan fingerprint density at radius 3 is 1.55 bits per heavy atom. The molecule has 0 aromatic heterocycles. The largest absolute Gasteiger partial charge is 0.460 e. The van der Waals surface area contributed by atoms with Gasteiger partial charge in [-0.05, 0) is 6.92 Å². The maximum atomic E-state index is 12.9. The third-order valence-electron chi connectivity index (χ3n) is 1.75. The summed E-state index contributed by atoms with van der Waals surface area (Å²) in [5, 5.41) is -6.82. The van der Waals surface area contributed by atoms with Crippen molar-refractivity contribution in [3.63, 3.8) is 0 Å². The average molecular weight is 340 g/mol. The van der Waals surface area contributed by atoms with Gasteiger partial charge in [-0.15, -0.1) is 0 Å². The molecule has 0 aromatic carbocycles. The summed E-state index contributed by atoms with van der Waals surface area (Å²) in [7, 11) is -6.77. The minimum absolute atomic E-state index is 0.106. The summed E-state index contributed by atoms with van der Waals surface area (Å²) in [4.78, 5) is 0. The van der Waals surface area contributed by atoms with Gasteiger partial charge >= 0.3 is 33.4 Å². The van der Waals surface area contributed by atoms with Crippen molar-refractivity contribution >= 4 is 10.1 Å². The predicted octanol–water partition coefficient (Wildman–Crippen LogP) is 3.29. The van der Waals surface area contributed by atoms with Crippen molar-refractivity contribution in [3.8, 4) is 0 Å². The number of hydrogen-bond acceptors (Lipinski definition) is 3. The summed E-state index contributed by atoms with van der Waals surface area (Å²) in [6.45, 7) is 0.968. The Kier molecular flexibility index (Phi) is 4.72. The predicted molar refractivity (Wildman–Crippen MR) is 45.7 cm³/mol. The summed E-state index contributed by atoms with van der Waals surface area (Å²) >= 11 is 0. The lowest BCUT2D eigenvalue weighted by atomic mass is 10.1. The summed E-state index contributed by atoms with van der Waals surface area (Å²) in [6, 6.07) is 0. The van der Waals surface area contributed by atoms with Crippen molar-refractivity contribution < 1.29 is 52.1 Å². The van der Waals surface area contributed by atoms with Gasteiger partial charge in [-0.3, -0.25) is 0 Å². The van der Waals surface area contributed by atoms with Crippen molar-refractivity contribution in [1.82, 2.24) is 0 Å².